The molecule has 0 atom stereocenters. The summed E-state index contributed by atoms with van der Waals surface area (Å²) in [6.45, 7) is 3.47. The molecule has 0 fully saturated rings. The lowest BCUT2D eigenvalue weighted by Crippen LogP contribution is -2.24. The van der Waals surface area contributed by atoms with E-state index >= 15 is 0 Å². The summed E-state index contributed by atoms with van der Waals surface area (Å²) in [6.07, 6.45) is 0.770. The molecule has 0 bridgehead atoms. The Balaban J connectivity index is 1.82. The summed E-state index contributed by atoms with van der Waals surface area (Å²) in [5.41, 5.74) is 1.13. The van der Waals surface area contributed by atoms with E-state index in [9.17, 15) is 4.79 Å². The van der Waals surface area contributed by atoms with E-state index in [4.69, 9.17) is 13.9 Å². The van der Waals surface area contributed by atoms with Gasteiger partial charge >= 0.3 is 0 Å². The van der Waals surface area contributed by atoms with Crippen LogP contribution in [0, 0.1) is 6.92 Å². The second-order valence-electron chi connectivity index (χ2n) is 4.97. The average molecular weight is 303 g/mol. The first-order valence-electron chi connectivity index (χ1n) is 7.24. The number of furan rings is 1. The Morgan fingerprint density at radius 1 is 1.27 bits per heavy atom. The van der Waals surface area contributed by atoms with E-state index in [-0.39, 0.29) is 5.91 Å². The fraction of sp³-hybridized carbons (Fsp3) is 0.353. The maximum absolute atomic E-state index is 11.9. The quantitative estimate of drug-likeness (QED) is 0.762. The SMILES string of the molecule is COCCCNC(=O)c1ccc(COc2cccc(C)c2)o1. The lowest BCUT2D eigenvalue weighted by atomic mass is 10.2. The molecule has 1 heterocycles. The van der Waals surface area contributed by atoms with Gasteiger partial charge in [0.2, 0.25) is 0 Å². The topological polar surface area (TPSA) is 60.7 Å². The summed E-state index contributed by atoms with van der Waals surface area (Å²) in [6, 6.07) is 11.2. The van der Waals surface area contributed by atoms with Crippen molar-refractivity contribution in [2.75, 3.05) is 20.3 Å². The van der Waals surface area contributed by atoms with Gasteiger partial charge in [0, 0.05) is 20.3 Å². The number of ether oxygens (including phenoxy) is 2. The van der Waals surface area contributed by atoms with Crippen LogP contribution >= 0.6 is 0 Å². The molecule has 0 aliphatic carbocycles. The van der Waals surface area contributed by atoms with Crippen molar-refractivity contribution in [3.63, 3.8) is 0 Å². The van der Waals surface area contributed by atoms with Crippen molar-refractivity contribution < 1.29 is 18.7 Å². The van der Waals surface area contributed by atoms with Crippen molar-refractivity contribution in [3.8, 4) is 5.75 Å². The number of methoxy groups -OCH3 is 1. The molecule has 5 nitrogen and oxygen atoms in total. The van der Waals surface area contributed by atoms with Crippen LogP contribution in [0.3, 0.4) is 0 Å². The third kappa shape index (κ3) is 4.93. The number of nitrogens with one attached hydrogen (secondary N) is 1. The molecule has 1 aromatic carbocycles. The number of benzene rings is 1. The Morgan fingerprint density at radius 2 is 2.14 bits per heavy atom. The Bertz CT molecular complexity index is 606. The smallest absolute Gasteiger partial charge is 0.286 e. The van der Waals surface area contributed by atoms with E-state index in [1.165, 1.54) is 0 Å². The second-order valence-corrected chi connectivity index (χ2v) is 4.97. The number of aryl methyl sites for hydroxylation is 1. The Kier molecular flexibility index (Phi) is 6.03. The molecular weight excluding hydrogens is 282 g/mol. The predicted octanol–water partition coefficient (Wildman–Crippen LogP) is 2.93. The third-order valence-corrected chi connectivity index (χ3v) is 3.07. The zero-order chi connectivity index (χ0) is 15.8. The van der Waals surface area contributed by atoms with Gasteiger partial charge < -0.3 is 19.2 Å². The number of carbonyl (C=O) groups excluding carboxylic acids is 1. The van der Waals surface area contributed by atoms with Gasteiger partial charge in [0.25, 0.3) is 5.91 Å². The Hall–Kier alpha value is -2.27. The van der Waals surface area contributed by atoms with Gasteiger partial charge in [-0.25, -0.2) is 0 Å². The minimum atomic E-state index is -0.224. The molecule has 0 unspecified atom stereocenters. The van der Waals surface area contributed by atoms with E-state index in [1.807, 2.05) is 31.2 Å². The molecule has 2 aromatic rings. The number of hydrogen-bond acceptors (Lipinski definition) is 4. The maximum atomic E-state index is 11.9. The van der Waals surface area contributed by atoms with Crippen molar-refractivity contribution in [2.45, 2.75) is 20.0 Å². The minimum absolute atomic E-state index is 0.224. The lowest BCUT2D eigenvalue weighted by molar-refractivity contribution is 0.0917. The summed E-state index contributed by atoms with van der Waals surface area (Å²) < 4.78 is 16.0. The second kappa shape index (κ2) is 8.24. The molecule has 22 heavy (non-hydrogen) atoms. The van der Waals surface area contributed by atoms with Crippen LogP contribution in [-0.4, -0.2) is 26.2 Å². The van der Waals surface area contributed by atoms with Gasteiger partial charge in [-0.3, -0.25) is 4.79 Å². The van der Waals surface area contributed by atoms with Crippen LogP contribution < -0.4 is 10.1 Å². The van der Waals surface area contributed by atoms with Crippen molar-refractivity contribution in [1.82, 2.24) is 5.32 Å². The van der Waals surface area contributed by atoms with Gasteiger partial charge in [0.05, 0.1) is 0 Å². The van der Waals surface area contributed by atoms with E-state index in [0.717, 1.165) is 17.7 Å². The van der Waals surface area contributed by atoms with Crippen LogP contribution in [-0.2, 0) is 11.3 Å². The number of carbonyl (C=O) groups is 1. The minimum Gasteiger partial charge on any atom is -0.486 e. The zero-order valence-corrected chi connectivity index (χ0v) is 12.9. The molecule has 1 aromatic heterocycles. The van der Waals surface area contributed by atoms with Crippen LogP contribution in [0.25, 0.3) is 0 Å². The first kappa shape index (κ1) is 16.1. The van der Waals surface area contributed by atoms with Crippen molar-refractivity contribution in [3.05, 3.63) is 53.5 Å². The molecule has 0 aliphatic heterocycles. The van der Waals surface area contributed by atoms with Crippen LogP contribution in [0.5, 0.6) is 5.75 Å². The van der Waals surface area contributed by atoms with Gasteiger partial charge in [0.15, 0.2) is 5.76 Å². The fourth-order valence-electron chi connectivity index (χ4n) is 1.94. The Labute approximate surface area is 130 Å². The van der Waals surface area contributed by atoms with Gasteiger partial charge in [0.1, 0.15) is 18.1 Å². The molecular formula is C17H21NO4. The normalized spacial score (nSPS) is 10.5. The molecule has 0 radical (unpaired) electrons. The molecule has 1 N–H and O–H groups in total. The molecule has 5 heteroatoms. The molecule has 0 spiro atoms. The summed E-state index contributed by atoms with van der Waals surface area (Å²) in [5.74, 6) is 1.46. The molecule has 0 saturated carbocycles. The van der Waals surface area contributed by atoms with Crippen LogP contribution in [0.15, 0.2) is 40.8 Å². The highest BCUT2D eigenvalue weighted by atomic mass is 16.5. The number of amides is 1. The first-order chi connectivity index (χ1) is 10.7. The van der Waals surface area contributed by atoms with Gasteiger partial charge in [-0.15, -0.1) is 0 Å². The number of hydrogen-bond donors (Lipinski definition) is 1. The highest BCUT2D eigenvalue weighted by Crippen LogP contribution is 2.15. The predicted molar refractivity (Wildman–Crippen MR) is 83.0 cm³/mol. The summed E-state index contributed by atoms with van der Waals surface area (Å²) in [4.78, 5) is 11.9. The number of rotatable bonds is 8. The van der Waals surface area contributed by atoms with E-state index < -0.39 is 0 Å². The van der Waals surface area contributed by atoms with Crippen molar-refractivity contribution in [2.24, 2.45) is 0 Å². The van der Waals surface area contributed by atoms with Crippen LogP contribution in [0.4, 0.5) is 0 Å². The fourth-order valence-corrected chi connectivity index (χ4v) is 1.94. The molecule has 0 aliphatic rings. The summed E-state index contributed by atoms with van der Waals surface area (Å²) >= 11 is 0. The molecule has 118 valence electrons. The standard InChI is InChI=1S/C17H21NO4/c1-13-5-3-6-14(11-13)21-12-15-7-8-16(22-15)17(19)18-9-4-10-20-2/h3,5-8,11H,4,9-10,12H2,1-2H3,(H,18,19). The average Bonchev–Trinajstić information content (AvgIpc) is 2.98. The zero-order valence-electron chi connectivity index (χ0n) is 12.9. The van der Waals surface area contributed by atoms with E-state index in [0.29, 0.717) is 31.3 Å². The molecule has 1 amide bonds. The highest BCUT2D eigenvalue weighted by Gasteiger charge is 2.10. The lowest BCUT2D eigenvalue weighted by Gasteiger charge is -2.05. The molecule has 0 saturated heterocycles. The van der Waals surface area contributed by atoms with Crippen molar-refractivity contribution in [1.29, 1.82) is 0 Å². The van der Waals surface area contributed by atoms with Gasteiger partial charge in [-0.05, 0) is 43.2 Å². The summed E-state index contributed by atoms with van der Waals surface area (Å²) in [7, 11) is 1.63. The molecule has 2 rings (SSSR count). The monoisotopic (exact) mass is 303 g/mol. The Morgan fingerprint density at radius 3 is 2.91 bits per heavy atom. The summed E-state index contributed by atoms with van der Waals surface area (Å²) in [5, 5.41) is 2.77. The van der Waals surface area contributed by atoms with Gasteiger partial charge in [-0.1, -0.05) is 12.1 Å². The highest BCUT2D eigenvalue weighted by molar-refractivity contribution is 5.91. The largest absolute Gasteiger partial charge is 0.486 e. The van der Waals surface area contributed by atoms with E-state index in [1.54, 1.807) is 19.2 Å². The van der Waals surface area contributed by atoms with Crippen LogP contribution in [0.2, 0.25) is 0 Å². The van der Waals surface area contributed by atoms with Crippen molar-refractivity contribution >= 4 is 5.91 Å². The first-order valence-corrected chi connectivity index (χ1v) is 7.24. The van der Waals surface area contributed by atoms with Gasteiger partial charge in [-0.2, -0.15) is 0 Å². The van der Waals surface area contributed by atoms with Crippen LogP contribution in [0.1, 0.15) is 28.3 Å². The maximum Gasteiger partial charge on any atom is 0.286 e. The van der Waals surface area contributed by atoms with E-state index in [2.05, 4.69) is 5.32 Å². The third-order valence-electron chi connectivity index (χ3n) is 3.07.